The number of thioether (sulfide) groups is 1. The molecule has 0 bridgehead atoms. The van der Waals surface area contributed by atoms with Crippen molar-refractivity contribution in [2.24, 2.45) is 0 Å². The lowest BCUT2D eigenvalue weighted by molar-refractivity contribution is 0.230. The molecule has 0 aromatic rings. The van der Waals surface area contributed by atoms with Gasteiger partial charge in [-0.25, -0.2) is 0 Å². The van der Waals surface area contributed by atoms with E-state index < -0.39 is 0 Å². The summed E-state index contributed by atoms with van der Waals surface area (Å²) < 4.78 is 0. The zero-order valence-electron chi connectivity index (χ0n) is 5.59. The van der Waals surface area contributed by atoms with Gasteiger partial charge in [-0.1, -0.05) is 18.7 Å². The molecule has 0 atom stereocenters. The number of hydrogen-bond acceptors (Lipinski definition) is 2. The van der Waals surface area contributed by atoms with Crippen molar-refractivity contribution in [3.05, 3.63) is 0 Å². The summed E-state index contributed by atoms with van der Waals surface area (Å²) in [7, 11) is 0. The number of rotatable bonds is 2. The smallest absolute Gasteiger partial charge is 0.281 e. The molecule has 1 saturated heterocycles. The minimum Gasteiger partial charge on any atom is -0.333 e. The van der Waals surface area contributed by atoms with Crippen molar-refractivity contribution in [2.75, 3.05) is 18.8 Å². The Kier molecular flexibility index (Phi) is 2.39. The van der Waals surface area contributed by atoms with Crippen LogP contribution in [-0.4, -0.2) is 29.0 Å². The average molecular weight is 145 g/mol. The summed E-state index contributed by atoms with van der Waals surface area (Å²) in [6.07, 6.45) is 1.08. The molecule has 9 heavy (non-hydrogen) atoms. The van der Waals surface area contributed by atoms with E-state index in [0.29, 0.717) is 0 Å². The molecule has 1 heterocycles. The third-order valence-corrected chi connectivity index (χ3v) is 2.23. The fraction of sp³-hybridized carbons (Fsp3) is 0.833. The van der Waals surface area contributed by atoms with Gasteiger partial charge in [-0.05, 0) is 6.42 Å². The van der Waals surface area contributed by atoms with Crippen LogP contribution in [0.1, 0.15) is 13.3 Å². The second kappa shape index (κ2) is 3.11. The first-order valence-electron chi connectivity index (χ1n) is 3.26. The average Bonchev–Trinajstić information content (AvgIpc) is 2.18. The van der Waals surface area contributed by atoms with E-state index in [1.54, 1.807) is 0 Å². The Balaban J connectivity index is 2.31. The number of amides is 1. The molecule has 2 nitrogen and oxygen atoms in total. The lowest BCUT2D eigenvalue weighted by Gasteiger charge is -2.11. The van der Waals surface area contributed by atoms with E-state index in [4.69, 9.17) is 0 Å². The molecular formula is C6H11NOS. The molecule has 1 rings (SSSR count). The molecule has 0 unspecified atom stereocenters. The minimum absolute atomic E-state index is 0.261. The van der Waals surface area contributed by atoms with Gasteiger partial charge in [-0.15, -0.1) is 0 Å². The van der Waals surface area contributed by atoms with Crippen molar-refractivity contribution in [2.45, 2.75) is 13.3 Å². The van der Waals surface area contributed by atoms with Crippen molar-refractivity contribution in [3.8, 4) is 0 Å². The third kappa shape index (κ3) is 1.61. The Hall–Kier alpha value is -0.180. The van der Waals surface area contributed by atoms with Crippen molar-refractivity contribution in [1.82, 2.24) is 4.90 Å². The summed E-state index contributed by atoms with van der Waals surface area (Å²) in [5, 5.41) is 0.261. The van der Waals surface area contributed by atoms with Crippen LogP contribution in [0, 0.1) is 0 Å². The van der Waals surface area contributed by atoms with Crippen LogP contribution in [0.25, 0.3) is 0 Å². The van der Waals surface area contributed by atoms with E-state index in [2.05, 4.69) is 6.92 Å². The van der Waals surface area contributed by atoms with Gasteiger partial charge in [0, 0.05) is 18.8 Å². The Morgan fingerprint density at radius 3 is 3.00 bits per heavy atom. The number of nitrogens with zero attached hydrogens (tertiary/aromatic N) is 1. The lowest BCUT2D eigenvalue weighted by Crippen LogP contribution is -2.23. The Morgan fingerprint density at radius 2 is 2.56 bits per heavy atom. The maximum Gasteiger partial charge on any atom is 0.281 e. The summed E-state index contributed by atoms with van der Waals surface area (Å²) in [5.41, 5.74) is 0. The molecule has 0 spiro atoms. The number of carbonyl (C=O) groups is 1. The van der Waals surface area contributed by atoms with E-state index in [-0.39, 0.29) is 5.24 Å². The van der Waals surface area contributed by atoms with Crippen molar-refractivity contribution < 1.29 is 4.79 Å². The maximum absolute atomic E-state index is 10.9. The van der Waals surface area contributed by atoms with Gasteiger partial charge in [-0.3, -0.25) is 4.79 Å². The largest absolute Gasteiger partial charge is 0.333 e. The predicted octanol–water partition coefficient (Wildman–Crippen LogP) is 1.57. The van der Waals surface area contributed by atoms with Crippen LogP contribution in [0.15, 0.2) is 0 Å². The third-order valence-electron chi connectivity index (χ3n) is 1.34. The standard InChI is InChI=1S/C6H11NOS/c1-2-3-7-4-5-9-6(7)8/h2-5H2,1H3. The quantitative estimate of drug-likeness (QED) is 0.587. The molecule has 0 aromatic heterocycles. The van der Waals surface area contributed by atoms with Gasteiger partial charge in [0.2, 0.25) is 0 Å². The highest BCUT2D eigenvalue weighted by molar-refractivity contribution is 8.13. The highest BCUT2D eigenvalue weighted by atomic mass is 32.2. The molecule has 0 radical (unpaired) electrons. The number of hydrogen-bond donors (Lipinski definition) is 0. The van der Waals surface area contributed by atoms with E-state index in [1.165, 1.54) is 11.8 Å². The van der Waals surface area contributed by atoms with E-state index in [9.17, 15) is 4.79 Å². The first-order valence-corrected chi connectivity index (χ1v) is 4.25. The molecule has 1 fully saturated rings. The van der Waals surface area contributed by atoms with Crippen molar-refractivity contribution >= 4 is 17.0 Å². The van der Waals surface area contributed by atoms with Crippen LogP contribution in [-0.2, 0) is 0 Å². The summed E-state index contributed by atoms with van der Waals surface area (Å²) in [6.45, 7) is 3.99. The molecule has 52 valence electrons. The highest BCUT2D eigenvalue weighted by Gasteiger charge is 2.18. The van der Waals surface area contributed by atoms with Gasteiger partial charge in [0.1, 0.15) is 0 Å². The normalized spacial score (nSPS) is 19.2. The molecule has 1 aliphatic rings. The van der Waals surface area contributed by atoms with E-state index >= 15 is 0 Å². The molecule has 0 saturated carbocycles. The molecule has 0 N–H and O–H groups in total. The van der Waals surface area contributed by atoms with Crippen LogP contribution in [0.2, 0.25) is 0 Å². The fourth-order valence-corrected chi connectivity index (χ4v) is 1.75. The van der Waals surface area contributed by atoms with Crippen molar-refractivity contribution in [3.63, 3.8) is 0 Å². The highest BCUT2D eigenvalue weighted by Crippen LogP contribution is 2.16. The molecule has 0 aromatic carbocycles. The zero-order valence-corrected chi connectivity index (χ0v) is 6.41. The van der Waals surface area contributed by atoms with Crippen LogP contribution < -0.4 is 0 Å². The number of carbonyl (C=O) groups excluding carboxylic acids is 1. The van der Waals surface area contributed by atoms with Gasteiger partial charge < -0.3 is 4.90 Å². The lowest BCUT2D eigenvalue weighted by atomic mass is 10.4. The van der Waals surface area contributed by atoms with Crippen LogP contribution in [0.5, 0.6) is 0 Å². The SMILES string of the molecule is CCCN1CCSC1=O. The maximum atomic E-state index is 10.9. The van der Waals surface area contributed by atoms with Gasteiger partial charge in [0.05, 0.1) is 0 Å². The first-order chi connectivity index (χ1) is 4.34. The second-order valence-electron chi connectivity index (χ2n) is 2.10. The van der Waals surface area contributed by atoms with Crippen LogP contribution in [0.3, 0.4) is 0 Å². The van der Waals surface area contributed by atoms with Gasteiger partial charge in [0.15, 0.2) is 0 Å². The van der Waals surface area contributed by atoms with E-state index in [1.807, 2.05) is 4.90 Å². The van der Waals surface area contributed by atoms with Gasteiger partial charge in [0.25, 0.3) is 5.24 Å². The summed E-state index contributed by atoms with van der Waals surface area (Å²) in [5.74, 6) is 0.985. The molecule has 1 amide bonds. The van der Waals surface area contributed by atoms with Gasteiger partial charge in [-0.2, -0.15) is 0 Å². The van der Waals surface area contributed by atoms with Crippen LogP contribution in [0.4, 0.5) is 4.79 Å². The van der Waals surface area contributed by atoms with E-state index in [0.717, 1.165) is 25.3 Å². The summed E-state index contributed by atoms with van der Waals surface area (Å²) >= 11 is 1.43. The molecule has 0 aliphatic carbocycles. The Morgan fingerprint density at radius 1 is 1.78 bits per heavy atom. The Labute approximate surface area is 59.6 Å². The Bertz CT molecular complexity index is 116. The molecular weight excluding hydrogens is 134 g/mol. The van der Waals surface area contributed by atoms with Gasteiger partial charge >= 0.3 is 0 Å². The van der Waals surface area contributed by atoms with Crippen LogP contribution >= 0.6 is 11.8 Å². The monoisotopic (exact) mass is 145 g/mol. The van der Waals surface area contributed by atoms with Crippen molar-refractivity contribution in [1.29, 1.82) is 0 Å². The second-order valence-corrected chi connectivity index (χ2v) is 3.15. The minimum atomic E-state index is 0.261. The zero-order chi connectivity index (χ0) is 6.69. The first kappa shape index (κ1) is 6.93. The topological polar surface area (TPSA) is 20.3 Å². The molecule has 1 aliphatic heterocycles. The summed E-state index contributed by atoms with van der Waals surface area (Å²) in [6, 6.07) is 0. The summed E-state index contributed by atoms with van der Waals surface area (Å²) in [4.78, 5) is 12.8. The molecule has 3 heteroatoms. The predicted molar refractivity (Wildman–Crippen MR) is 39.7 cm³/mol. The fourth-order valence-electron chi connectivity index (χ4n) is 0.899.